The van der Waals surface area contributed by atoms with Crippen molar-refractivity contribution in [3.63, 3.8) is 0 Å². The van der Waals surface area contributed by atoms with E-state index in [0.717, 1.165) is 12.8 Å². The van der Waals surface area contributed by atoms with Crippen LogP contribution < -0.4 is 10.5 Å². The van der Waals surface area contributed by atoms with Crippen molar-refractivity contribution in [2.45, 2.75) is 58.2 Å². The second kappa shape index (κ2) is 5.31. The van der Waals surface area contributed by atoms with Crippen LogP contribution in [0.3, 0.4) is 0 Å². The summed E-state index contributed by atoms with van der Waals surface area (Å²) in [6.45, 7) is 8.69. The van der Waals surface area contributed by atoms with Crippen molar-refractivity contribution >= 4 is 24.4 Å². The Hall–Kier alpha value is -1.47. The molecule has 3 rings (SSSR count). The molecule has 0 bridgehead atoms. The number of nitrogens with zero attached hydrogens (tertiary/aromatic N) is 3. The highest BCUT2D eigenvalue weighted by atomic mass is 16.7. The Balaban J connectivity index is 1.85. The third-order valence-corrected chi connectivity index (χ3v) is 4.74. The Morgan fingerprint density at radius 1 is 1.14 bits per heavy atom. The fraction of sp³-hybridized carbons (Fsp3) is 0.667. The highest BCUT2D eigenvalue weighted by molar-refractivity contribution is 6.61. The van der Waals surface area contributed by atoms with Crippen LogP contribution in [0.5, 0.6) is 0 Å². The van der Waals surface area contributed by atoms with E-state index in [1.807, 2.05) is 27.7 Å². The van der Waals surface area contributed by atoms with E-state index in [0.29, 0.717) is 24.4 Å². The minimum atomic E-state index is -0.558. The smallest absolute Gasteiger partial charge is 0.398 e. The second-order valence-electron chi connectivity index (χ2n) is 6.89. The number of hydrogen-bond acceptors (Lipinski definition) is 5. The maximum Gasteiger partial charge on any atom is 0.516 e. The maximum atomic E-state index is 12.0. The Morgan fingerprint density at radius 2 is 1.82 bits per heavy atom. The van der Waals surface area contributed by atoms with Gasteiger partial charge in [-0.15, -0.1) is 0 Å². The van der Waals surface area contributed by atoms with Gasteiger partial charge in [0, 0.05) is 19.2 Å². The van der Waals surface area contributed by atoms with Crippen molar-refractivity contribution in [2.75, 3.05) is 11.4 Å². The van der Waals surface area contributed by atoms with Gasteiger partial charge in [0.15, 0.2) is 5.82 Å². The van der Waals surface area contributed by atoms with Crippen LogP contribution in [0.15, 0.2) is 12.4 Å². The molecule has 118 valence electrons. The molecule has 0 N–H and O–H groups in total. The van der Waals surface area contributed by atoms with Gasteiger partial charge in [-0.2, -0.15) is 0 Å². The molecule has 1 aromatic heterocycles. The molecule has 2 fully saturated rings. The molecule has 3 heterocycles. The molecule has 0 aromatic carbocycles. The Kier molecular flexibility index (Phi) is 3.73. The van der Waals surface area contributed by atoms with Gasteiger partial charge < -0.3 is 9.31 Å². The van der Waals surface area contributed by atoms with Crippen molar-refractivity contribution in [1.29, 1.82) is 0 Å². The van der Waals surface area contributed by atoms with E-state index in [1.54, 1.807) is 17.3 Å². The molecule has 6 nitrogen and oxygen atoms in total. The zero-order chi connectivity index (χ0) is 16.0. The summed E-state index contributed by atoms with van der Waals surface area (Å²) in [4.78, 5) is 22.5. The topological polar surface area (TPSA) is 64.5 Å². The van der Waals surface area contributed by atoms with Gasteiger partial charge in [0.1, 0.15) is 0 Å². The van der Waals surface area contributed by atoms with Gasteiger partial charge in [0.25, 0.3) is 0 Å². The highest BCUT2D eigenvalue weighted by Crippen LogP contribution is 2.36. The van der Waals surface area contributed by atoms with E-state index in [2.05, 4.69) is 9.97 Å². The number of hydrogen-bond donors (Lipinski definition) is 0. The molecule has 7 heteroatoms. The van der Waals surface area contributed by atoms with Crippen LogP contribution >= 0.6 is 0 Å². The first-order valence-electron chi connectivity index (χ1n) is 7.78. The third kappa shape index (κ3) is 2.63. The summed E-state index contributed by atoms with van der Waals surface area (Å²) in [7, 11) is -0.558. The zero-order valence-electron chi connectivity index (χ0n) is 13.6. The number of carbonyl (C=O) groups excluding carboxylic acids is 1. The standard InChI is InChI=1S/C15H22BN3O3/c1-14(2)15(3,4)22-16(21-14)11-9-17-10-12(18-11)19-8-6-5-7-13(19)20/h9-10H,5-8H2,1-4H3. The third-order valence-electron chi connectivity index (χ3n) is 4.74. The molecular formula is C15H22BN3O3. The van der Waals surface area contributed by atoms with Crippen LogP contribution in [-0.2, 0) is 14.1 Å². The lowest BCUT2D eigenvalue weighted by Gasteiger charge is -2.32. The van der Waals surface area contributed by atoms with Gasteiger partial charge in [-0.05, 0) is 40.5 Å². The predicted octanol–water partition coefficient (Wildman–Crippen LogP) is 1.29. The number of anilines is 1. The van der Waals surface area contributed by atoms with Gasteiger partial charge >= 0.3 is 7.12 Å². The lowest BCUT2D eigenvalue weighted by atomic mass is 9.85. The van der Waals surface area contributed by atoms with Crippen molar-refractivity contribution < 1.29 is 14.1 Å². The summed E-state index contributed by atoms with van der Waals surface area (Å²) in [5, 5.41) is 0. The molecule has 0 atom stereocenters. The number of rotatable bonds is 2. The first-order valence-corrected chi connectivity index (χ1v) is 7.78. The Labute approximate surface area is 131 Å². The average molecular weight is 303 g/mol. The second-order valence-corrected chi connectivity index (χ2v) is 6.89. The quantitative estimate of drug-likeness (QED) is 0.770. The summed E-state index contributed by atoms with van der Waals surface area (Å²) in [5.74, 6) is 0.684. The van der Waals surface area contributed by atoms with E-state index in [1.165, 1.54) is 0 Å². The van der Waals surface area contributed by atoms with Crippen molar-refractivity contribution in [1.82, 2.24) is 9.97 Å². The van der Waals surface area contributed by atoms with Gasteiger partial charge in [-0.3, -0.25) is 14.7 Å². The molecule has 0 radical (unpaired) electrons. The number of aromatic nitrogens is 2. The van der Waals surface area contributed by atoms with E-state index in [-0.39, 0.29) is 5.91 Å². The van der Waals surface area contributed by atoms with E-state index < -0.39 is 18.3 Å². The number of amides is 1. The van der Waals surface area contributed by atoms with Crippen molar-refractivity contribution in [2.24, 2.45) is 0 Å². The lowest BCUT2D eigenvalue weighted by molar-refractivity contribution is -0.119. The largest absolute Gasteiger partial charge is 0.516 e. The molecule has 2 aliphatic rings. The number of piperidine rings is 1. The van der Waals surface area contributed by atoms with Gasteiger partial charge in [-0.1, -0.05) is 0 Å². The van der Waals surface area contributed by atoms with E-state index >= 15 is 0 Å². The Bertz CT molecular complexity index is 575. The van der Waals surface area contributed by atoms with Crippen molar-refractivity contribution in [3.8, 4) is 0 Å². The first-order chi connectivity index (χ1) is 10.3. The van der Waals surface area contributed by atoms with Gasteiger partial charge in [0.2, 0.25) is 5.91 Å². The molecule has 1 aromatic rings. The molecule has 22 heavy (non-hydrogen) atoms. The first kappa shape index (κ1) is 15.4. The molecular weight excluding hydrogens is 281 g/mol. The van der Waals surface area contributed by atoms with Crippen LogP contribution in [0.2, 0.25) is 0 Å². The molecule has 0 saturated carbocycles. The van der Waals surface area contributed by atoms with Crippen LogP contribution in [0, 0.1) is 0 Å². The SMILES string of the molecule is CC1(C)OB(c2cncc(N3CCCCC3=O)n2)OC1(C)C. The average Bonchev–Trinajstić information content (AvgIpc) is 2.68. The molecule has 2 saturated heterocycles. The van der Waals surface area contributed by atoms with Gasteiger partial charge in [-0.25, -0.2) is 4.98 Å². The summed E-state index contributed by atoms with van der Waals surface area (Å²) in [6, 6.07) is 0. The summed E-state index contributed by atoms with van der Waals surface area (Å²) in [5.41, 5.74) is -0.235. The minimum absolute atomic E-state index is 0.103. The lowest BCUT2D eigenvalue weighted by Crippen LogP contribution is -2.41. The van der Waals surface area contributed by atoms with E-state index in [4.69, 9.17) is 9.31 Å². The van der Waals surface area contributed by atoms with Crippen molar-refractivity contribution in [3.05, 3.63) is 12.4 Å². The maximum absolute atomic E-state index is 12.0. The molecule has 0 spiro atoms. The van der Waals surface area contributed by atoms with E-state index in [9.17, 15) is 4.79 Å². The zero-order valence-corrected chi connectivity index (χ0v) is 13.6. The molecule has 0 aliphatic carbocycles. The highest BCUT2D eigenvalue weighted by Gasteiger charge is 2.52. The normalized spacial score (nSPS) is 23.9. The summed E-state index contributed by atoms with van der Waals surface area (Å²) < 4.78 is 12.0. The monoisotopic (exact) mass is 303 g/mol. The summed E-state index contributed by atoms with van der Waals surface area (Å²) >= 11 is 0. The molecule has 0 unspecified atom stereocenters. The van der Waals surface area contributed by atoms with Crippen LogP contribution in [0.4, 0.5) is 5.82 Å². The van der Waals surface area contributed by atoms with Crippen LogP contribution in [0.1, 0.15) is 47.0 Å². The predicted molar refractivity (Wildman–Crippen MR) is 84.0 cm³/mol. The van der Waals surface area contributed by atoms with Crippen LogP contribution in [0.25, 0.3) is 0 Å². The fourth-order valence-corrected chi connectivity index (χ4v) is 2.63. The molecule has 2 aliphatic heterocycles. The Morgan fingerprint density at radius 3 is 2.45 bits per heavy atom. The van der Waals surface area contributed by atoms with Gasteiger partial charge in [0.05, 0.1) is 23.0 Å². The minimum Gasteiger partial charge on any atom is -0.398 e. The number of carbonyl (C=O) groups is 1. The summed E-state index contributed by atoms with van der Waals surface area (Å²) in [6.07, 6.45) is 5.77. The van der Waals surface area contributed by atoms with Crippen LogP contribution in [-0.4, -0.2) is 40.7 Å². The molecule has 1 amide bonds. The fourth-order valence-electron chi connectivity index (χ4n) is 2.63.